The first kappa shape index (κ1) is 18.2. The van der Waals surface area contributed by atoms with Gasteiger partial charge in [0.2, 0.25) is 0 Å². The Morgan fingerprint density at radius 3 is 2.50 bits per heavy atom. The SMILES string of the molecule is CCNC(=NCCc1ccc(C)cc1)N1CCN(c2ccccn2)CC1. The molecule has 0 aliphatic carbocycles. The molecule has 0 amide bonds. The van der Waals surface area contributed by atoms with Crippen LogP contribution in [0.25, 0.3) is 0 Å². The molecule has 2 heterocycles. The summed E-state index contributed by atoms with van der Waals surface area (Å²) < 4.78 is 0. The van der Waals surface area contributed by atoms with E-state index in [2.05, 4.69) is 64.3 Å². The lowest BCUT2D eigenvalue weighted by atomic mass is 10.1. The highest BCUT2D eigenvalue weighted by molar-refractivity contribution is 5.80. The first-order valence-corrected chi connectivity index (χ1v) is 9.51. The van der Waals surface area contributed by atoms with Gasteiger partial charge in [0.1, 0.15) is 5.82 Å². The van der Waals surface area contributed by atoms with Gasteiger partial charge in [-0.2, -0.15) is 0 Å². The van der Waals surface area contributed by atoms with E-state index >= 15 is 0 Å². The zero-order valence-electron chi connectivity index (χ0n) is 15.9. The summed E-state index contributed by atoms with van der Waals surface area (Å²) in [6.07, 6.45) is 2.83. The molecule has 138 valence electrons. The van der Waals surface area contributed by atoms with E-state index in [4.69, 9.17) is 4.99 Å². The number of aryl methyl sites for hydroxylation is 1. The van der Waals surface area contributed by atoms with Gasteiger partial charge in [-0.1, -0.05) is 35.9 Å². The Labute approximate surface area is 156 Å². The predicted octanol–water partition coefficient (Wildman–Crippen LogP) is 2.72. The second kappa shape index (κ2) is 9.22. The minimum Gasteiger partial charge on any atom is -0.357 e. The Bertz CT molecular complexity index is 688. The minimum atomic E-state index is 0.811. The molecule has 26 heavy (non-hydrogen) atoms. The van der Waals surface area contributed by atoms with Gasteiger partial charge < -0.3 is 15.1 Å². The molecule has 1 fully saturated rings. The van der Waals surface area contributed by atoms with Crippen molar-refractivity contribution in [2.45, 2.75) is 20.3 Å². The number of anilines is 1. The number of aliphatic imine (C=N–C) groups is 1. The summed E-state index contributed by atoms with van der Waals surface area (Å²) in [6, 6.07) is 14.8. The average molecular weight is 351 g/mol. The molecule has 0 unspecified atom stereocenters. The fourth-order valence-corrected chi connectivity index (χ4v) is 3.16. The van der Waals surface area contributed by atoms with E-state index < -0.39 is 0 Å². The molecule has 0 atom stereocenters. The Hall–Kier alpha value is -2.56. The number of pyridine rings is 1. The zero-order chi connectivity index (χ0) is 18.2. The first-order valence-electron chi connectivity index (χ1n) is 9.51. The Kier molecular flexibility index (Phi) is 6.47. The third-order valence-corrected chi connectivity index (χ3v) is 4.67. The van der Waals surface area contributed by atoms with Gasteiger partial charge in [0.05, 0.1) is 0 Å². The highest BCUT2D eigenvalue weighted by Gasteiger charge is 2.20. The zero-order valence-corrected chi connectivity index (χ0v) is 15.9. The summed E-state index contributed by atoms with van der Waals surface area (Å²) >= 11 is 0. The molecule has 5 heteroatoms. The first-order chi connectivity index (χ1) is 12.8. The molecule has 3 rings (SSSR count). The standard InChI is InChI=1S/C21H29N5/c1-3-22-21(24-13-11-19-9-7-18(2)8-10-19)26-16-14-25(15-17-26)20-6-4-5-12-23-20/h4-10,12H,3,11,13-17H2,1-2H3,(H,22,24). The molecule has 1 aliphatic rings. The van der Waals surface area contributed by atoms with Gasteiger partial charge in [-0.3, -0.25) is 4.99 Å². The van der Waals surface area contributed by atoms with Gasteiger partial charge in [0, 0.05) is 45.5 Å². The number of nitrogens with one attached hydrogen (secondary N) is 1. The molecule has 1 N–H and O–H groups in total. The normalized spacial score (nSPS) is 15.2. The number of piperazine rings is 1. The summed E-state index contributed by atoms with van der Waals surface area (Å²) in [5, 5.41) is 3.44. The number of nitrogens with zero attached hydrogens (tertiary/aromatic N) is 4. The topological polar surface area (TPSA) is 43.8 Å². The van der Waals surface area contributed by atoms with E-state index in [0.29, 0.717) is 0 Å². The maximum absolute atomic E-state index is 4.85. The van der Waals surface area contributed by atoms with Crippen LogP contribution in [-0.4, -0.2) is 55.1 Å². The fraction of sp³-hybridized carbons (Fsp3) is 0.429. The molecule has 1 saturated heterocycles. The van der Waals surface area contributed by atoms with Crippen molar-refractivity contribution in [2.24, 2.45) is 4.99 Å². The summed E-state index contributed by atoms with van der Waals surface area (Å²) in [5.74, 6) is 2.09. The van der Waals surface area contributed by atoms with Crippen LogP contribution in [0, 0.1) is 6.92 Å². The molecule has 0 bridgehead atoms. The van der Waals surface area contributed by atoms with Crippen LogP contribution >= 0.6 is 0 Å². The van der Waals surface area contributed by atoms with Crippen molar-refractivity contribution in [3.8, 4) is 0 Å². The number of hydrogen-bond donors (Lipinski definition) is 1. The molecule has 0 saturated carbocycles. The lowest BCUT2D eigenvalue weighted by Crippen LogP contribution is -2.52. The van der Waals surface area contributed by atoms with E-state index in [0.717, 1.165) is 57.5 Å². The quantitative estimate of drug-likeness (QED) is 0.664. The Morgan fingerprint density at radius 1 is 1.08 bits per heavy atom. The molecule has 0 radical (unpaired) electrons. The van der Waals surface area contributed by atoms with Gasteiger partial charge in [-0.05, 0) is 38.0 Å². The van der Waals surface area contributed by atoms with Crippen molar-refractivity contribution in [3.05, 3.63) is 59.8 Å². The minimum absolute atomic E-state index is 0.811. The van der Waals surface area contributed by atoms with Crippen molar-refractivity contribution < 1.29 is 0 Å². The van der Waals surface area contributed by atoms with E-state index in [1.165, 1.54) is 11.1 Å². The molecule has 1 aromatic heterocycles. The van der Waals surface area contributed by atoms with E-state index in [9.17, 15) is 0 Å². The third kappa shape index (κ3) is 4.97. The van der Waals surface area contributed by atoms with Crippen molar-refractivity contribution in [1.29, 1.82) is 0 Å². The van der Waals surface area contributed by atoms with Crippen LogP contribution in [0.4, 0.5) is 5.82 Å². The number of guanidine groups is 1. The number of aromatic nitrogens is 1. The molecular formula is C21H29N5. The van der Waals surface area contributed by atoms with Crippen LogP contribution < -0.4 is 10.2 Å². The predicted molar refractivity (Wildman–Crippen MR) is 109 cm³/mol. The molecule has 0 spiro atoms. The van der Waals surface area contributed by atoms with Gasteiger partial charge in [0.15, 0.2) is 5.96 Å². The van der Waals surface area contributed by atoms with Crippen LogP contribution in [0.1, 0.15) is 18.1 Å². The monoisotopic (exact) mass is 351 g/mol. The fourth-order valence-electron chi connectivity index (χ4n) is 3.16. The van der Waals surface area contributed by atoms with Crippen LogP contribution in [0.5, 0.6) is 0 Å². The summed E-state index contributed by atoms with van der Waals surface area (Å²) in [7, 11) is 0. The lowest BCUT2D eigenvalue weighted by Gasteiger charge is -2.37. The van der Waals surface area contributed by atoms with E-state index in [-0.39, 0.29) is 0 Å². The van der Waals surface area contributed by atoms with Crippen molar-refractivity contribution >= 4 is 11.8 Å². The molecule has 1 aliphatic heterocycles. The van der Waals surface area contributed by atoms with Gasteiger partial charge >= 0.3 is 0 Å². The van der Waals surface area contributed by atoms with Gasteiger partial charge in [0.25, 0.3) is 0 Å². The van der Waals surface area contributed by atoms with Crippen LogP contribution in [-0.2, 0) is 6.42 Å². The number of rotatable bonds is 5. The second-order valence-electron chi connectivity index (χ2n) is 6.63. The highest BCUT2D eigenvalue weighted by atomic mass is 15.4. The largest absolute Gasteiger partial charge is 0.357 e. The lowest BCUT2D eigenvalue weighted by molar-refractivity contribution is 0.371. The second-order valence-corrected chi connectivity index (χ2v) is 6.63. The smallest absolute Gasteiger partial charge is 0.194 e. The summed E-state index contributed by atoms with van der Waals surface area (Å²) in [6.45, 7) is 9.82. The van der Waals surface area contributed by atoms with E-state index in [1.807, 2.05) is 18.3 Å². The number of benzene rings is 1. The Balaban J connectivity index is 1.55. The van der Waals surface area contributed by atoms with Crippen molar-refractivity contribution in [1.82, 2.24) is 15.2 Å². The number of hydrogen-bond acceptors (Lipinski definition) is 3. The van der Waals surface area contributed by atoms with Gasteiger partial charge in [-0.25, -0.2) is 4.98 Å². The highest BCUT2D eigenvalue weighted by Crippen LogP contribution is 2.12. The summed E-state index contributed by atoms with van der Waals surface area (Å²) in [5.41, 5.74) is 2.64. The third-order valence-electron chi connectivity index (χ3n) is 4.67. The maximum Gasteiger partial charge on any atom is 0.194 e. The molecule has 5 nitrogen and oxygen atoms in total. The van der Waals surface area contributed by atoms with Crippen LogP contribution in [0.2, 0.25) is 0 Å². The maximum atomic E-state index is 4.85. The summed E-state index contributed by atoms with van der Waals surface area (Å²) in [4.78, 5) is 14.0. The molecule has 2 aromatic rings. The Morgan fingerprint density at radius 2 is 1.85 bits per heavy atom. The average Bonchev–Trinajstić information content (AvgIpc) is 2.70. The molecule has 1 aromatic carbocycles. The van der Waals surface area contributed by atoms with Gasteiger partial charge in [-0.15, -0.1) is 0 Å². The van der Waals surface area contributed by atoms with Crippen LogP contribution in [0.15, 0.2) is 53.7 Å². The van der Waals surface area contributed by atoms with Crippen molar-refractivity contribution in [2.75, 3.05) is 44.2 Å². The van der Waals surface area contributed by atoms with Crippen molar-refractivity contribution in [3.63, 3.8) is 0 Å². The molecular weight excluding hydrogens is 322 g/mol. The van der Waals surface area contributed by atoms with Crippen LogP contribution in [0.3, 0.4) is 0 Å². The van der Waals surface area contributed by atoms with E-state index in [1.54, 1.807) is 0 Å².